The molecular formula is C28H39N3O4. The molecule has 7 heteroatoms. The van der Waals surface area contributed by atoms with E-state index in [2.05, 4.69) is 23.3 Å². The van der Waals surface area contributed by atoms with Crippen molar-refractivity contribution in [2.45, 2.75) is 84.9 Å². The molecule has 1 aliphatic heterocycles. The number of hydrogen-bond donors (Lipinski definition) is 2. The minimum atomic E-state index is -1.05. The molecule has 1 unspecified atom stereocenters. The number of aryl methyl sites for hydroxylation is 1. The van der Waals surface area contributed by atoms with Gasteiger partial charge in [-0.15, -0.1) is 6.58 Å². The Hall–Kier alpha value is -2.96. The Labute approximate surface area is 208 Å². The van der Waals surface area contributed by atoms with Crippen molar-refractivity contribution >= 4 is 29.2 Å². The molecule has 2 N–H and O–H groups in total. The van der Waals surface area contributed by atoms with Gasteiger partial charge in [-0.2, -0.15) is 0 Å². The average molecular weight is 482 g/mol. The number of ether oxygens (including phenoxy) is 1. The minimum absolute atomic E-state index is 0.166. The maximum Gasteiger partial charge on any atom is 0.310 e. The third-order valence-electron chi connectivity index (χ3n) is 6.31. The van der Waals surface area contributed by atoms with Crippen LogP contribution in [0, 0.1) is 17.8 Å². The molecule has 3 rings (SSSR count). The molecule has 0 saturated heterocycles. The highest BCUT2D eigenvalue weighted by Gasteiger charge is 2.38. The zero-order valence-corrected chi connectivity index (χ0v) is 21.6. The lowest BCUT2D eigenvalue weighted by Gasteiger charge is -2.30. The van der Waals surface area contributed by atoms with Gasteiger partial charge in [0.15, 0.2) is 0 Å². The zero-order valence-electron chi connectivity index (χ0n) is 21.6. The number of nitrogens with one attached hydrogen (secondary N) is 2. The van der Waals surface area contributed by atoms with Crippen LogP contribution >= 0.6 is 0 Å². The van der Waals surface area contributed by atoms with Gasteiger partial charge in [0.05, 0.1) is 17.5 Å². The van der Waals surface area contributed by atoms with E-state index in [0.717, 1.165) is 41.8 Å². The Kier molecular flexibility index (Phi) is 8.51. The van der Waals surface area contributed by atoms with Crippen LogP contribution in [0.5, 0.6) is 0 Å². The standard InChI is InChI=1S/C28H39N3O4/c1-7-8-13-19(27(34)35-28(4,5)6)20(16-17(2)3)25(32)31-24-26(33)30-22-15-10-12-18-11-9-14-21(29-24)23(18)22/h7,10,12,15,17,19-20,24H,1,8-9,11,13-14,16H2,2-6H3,(H,30,33)(H,31,32)/t19-,20+,24?/m0/s1. The fourth-order valence-corrected chi connectivity index (χ4v) is 4.83. The van der Waals surface area contributed by atoms with E-state index >= 15 is 0 Å². The third kappa shape index (κ3) is 6.80. The second kappa shape index (κ2) is 11.2. The number of carbonyl (C=O) groups is 3. The maximum atomic E-state index is 13.6. The molecule has 1 aromatic rings. The van der Waals surface area contributed by atoms with E-state index in [1.165, 1.54) is 0 Å². The first kappa shape index (κ1) is 26.6. The van der Waals surface area contributed by atoms with Gasteiger partial charge in [0, 0.05) is 11.3 Å². The molecule has 1 aliphatic carbocycles. The number of nitrogens with zero attached hydrogens (tertiary/aromatic N) is 1. The molecule has 35 heavy (non-hydrogen) atoms. The predicted molar refractivity (Wildman–Crippen MR) is 138 cm³/mol. The van der Waals surface area contributed by atoms with Gasteiger partial charge in [-0.1, -0.05) is 32.1 Å². The molecule has 3 atom stereocenters. The highest BCUT2D eigenvalue weighted by Crippen LogP contribution is 2.32. The largest absolute Gasteiger partial charge is 0.460 e. The summed E-state index contributed by atoms with van der Waals surface area (Å²) in [6.07, 6.45) is 4.84. The lowest BCUT2D eigenvalue weighted by Crippen LogP contribution is -2.48. The second-order valence-electron chi connectivity index (χ2n) is 10.9. The topological polar surface area (TPSA) is 96.9 Å². The quantitative estimate of drug-likeness (QED) is 0.391. The van der Waals surface area contributed by atoms with Crippen molar-refractivity contribution < 1.29 is 19.1 Å². The SMILES string of the molecule is C=CCC[C@H](C(=O)OC(C)(C)C)[C@@H](CC(C)C)C(=O)NC1N=C2CCCc3cccc(c32)NC1=O. The minimum Gasteiger partial charge on any atom is -0.460 e. The maximum absolute atomic E-state index is 13.6. The smallest absolute Gasteiger partial charge is 0.310 e. The second-order valence-corrected chi connectivity index (χ2v) is 10.9. The van der Waals surface area contributed by atoms with E-state index in [-0.39, 0.29) is 17.7 Å². The summed E-state index contributed by atoms with van der Waals surface area (Å²) in [5.74, 6) is -2.26. The van der Waals surface area contributed by atoms with Crippen molar-refractivity contribution in [2.75, 3.05) is 5.32 Å². The van der Waals surface area contributed by atoms with Gasteiger partial charge < -0.3 is 15.4 Å². The van der Waals surface area contributed by atoms with Crippen LogP contribution in [-0.2, 0) is 25.5 Å². The number of rotatable bonds is 9. The Morgan fingerprint density at radius 3 is 2.66 bits per heavy atom. The number of carbonyl (C=O) groups excluding carboxylic acids is 3. The molecule has 190 valence electrons. The summed E-state index contributed by atoms with van der Waals surface area (Å²) in [6.45, 7) is 13.2. The van der Waals surface area contributed by atoms with E-state index in [1.807, 2.05) is 46.8 Å². The monoisotopic (exact) mass is 481 g/mol. The highest BCUT2D eigenvalue weighted by atomic mass is 16.6. The first-order valence-electron chi connectivity index (χ1n) is 12.6. The van der Waals surface area contributed by atoms with Crippen LogP contribution in [-0.4, -0.2) is 35.3 Å². The molecule has 1 aromatic carbocycles. The number of benzene rings is 1. The van der Waals surface area contributed by atoms with E-state index in [1.54, 1.807) is 6.08 Å². The number of hydrogen-bond acceptors (Lipinski definition) is 5. The van der Waals surface area contributed by atoms with Gasteiger partial charge in [-0.3, -0.25) is 19.4 Å². The lowest BCUT2D eigenvalue weighted by molar-refractivity contribution is -0.164. The summed E-state index contributed by atoms with van der Waals surface area (Å²) in [5.41, 5.74) is 3.03. The lowest BCUT2D eigenvalue weighted by atomic mass is 9.81. The van der Waals surface area contributed by atoms with E-state index < -0.39 is 29.6 Å². The first-order chi connectivity index (χ1) is 16.5. The summed E-state index contributed by atoms with van der Waals surface area (Å²) in [4.78, 5) is 44.6. The van der Waals surface area contributed by atoms with E-state index in [0.29, 0.717) is 19.3 Å². The Balaban J connectivity index is 1.88. The number of allylic oxidation sites excluding steroid dienone is 1. The van der Waals surface area contributed by atoms with Gasteiger partial charge in [0.1, 0.15) is 5.60 Å². The van der Waals surface area contributed by atoms with Crippen LogP contribution < -0.4 is 10.6 Å². The van der Waals surface area contributed by atoms with E-state index in [9.17, 15) is 14.4 Å². The van der Waals surface area contributed by atoms with Crippen molar-refractivity contribution in [3.05, 3.63) is 42.0 Å². The number of anilines is 1. The molecule has 0 spiro atoms. The Bertz CT molecular complexity index is 1010. The van der Waals surface area contributed by atoms with Crippen molar-refractivity contribution in [2.24, 2.45) is 22.7 Å². The summed E-state index contributed by atoms with van der Waals surface area (Å²) in [5, 5.41) is 5.80. The van der Waals surface area contributed by atoms with Crippen LogP contribution in [0.25, 0.3) is 0 Å². The van der Waals surface area contributed by atoms with Gasteiger partial charge in [0.2, 0.25) is 12.1 Å². The van der Waals surface area contributed by atoms with Crippen LogP contribution in [0.3, 0.4) is 0 Å². The normalized spacial score (nSPS) is 19.0. The van der Waals surface area contributed by atoms with Gasteiger partial charge >= 0.3 is 5.97 Å². The van der Waals surface area contributed by atoms with Crippen molar-refractivity contribution in [3.63, 3.8) is 0 Å². The predicted octanol–water partition coefficient (Wildman–Crippen LogP) is 4.79. The molecule has 2 aliphatic rings. The number of esters is 1. The Morgan fingerprint density at radius 1 is 1.26 bits per heavy atom. The van der Waals surface area contributed by atoms with Gasteiger partial charge in [-0.25, -0.2) is 0 Å². The highest BCUT2D eigenvalue weighted by molar-refractivity contribution is 6.13. The molecule has 7 nitrogen and oxygen atoms in total. The number of amides is 2. The van der Waals surface area contributed by atoms with Gasteiger partial charge in [-0.05, 0) is 76.8 Å². The molecule has 0 fully saturated rings. The summed E-state index contributed by atoms with van der Waals surface area (Å²) >= 11 is 0. The molecule has 0 radical (unpaired) electrons. The van der Waals surface area contributed by atoms with E-state index in [4.69, 9.17) is 9.73 Å². The van der Waals surface area contributed by atoms with Gasteiger partial charge in [0.25, 0.3) is 5.91 Å². The average Bonchev–Trinajstić information content (AvgIpc) is 2.89. The number of aliphatic imine (C=N–C) groups is 1. The first-order valence-corrected chi connectivity index (χ1v) is 12.6. The zero-order chi connectivity index (χ0) is 25.8. The Morgan fingerprint density at radius 2 is 2.00 bits per heavy atom. The van der Waals surface area contributed by atoms with Crippen molar-refractivity contribution in [3.8, 4) is 0 Å². The molecule has 1 heterocycles. The summed E-state index contributed by atoms with van der Waals surface area (Å²) < 4.78 is 5.68. The fraction of sp³-hybridized carbons (Fsp3) is 0.571. The van der Waals surface area contributed by atoms with Crippen LogP contribution in [0.15, 0.2) is 35.8 Å². The molecule has 0 aromatic heterocycles. The summed E-state index contributed by atoms with van der Waals surface area (Å²) in [6, 6.07) is 5.86. The molecule has 2 amide bonds. The third-order valence-corrected chi connectivity index (χ3v) is 6.31. The molecule has 0 saturated carbocycles. The molecule has 0 bridgehead atoms. The van der Waals surface area contributed by atoms with Crippen LogP contribution in [0.2, 0.25) is 0 Å². The summed E-state index contributed by atoms with van der Waals surface area (Å²) in [7, 11) is 0. The van der Waals surface area contributed by atoms with Crippen molar-refractivity contribution in [1.82, 2.24) is 5.32 Å². The van der Waals surface area contributed by atoms with Crippen molar-refractivity contribution in [1.29, 1.82) is 0 Å². The molecular weight excluding hydrogens is 442 g/mol. The fourth-order valence-electron chi connectivity index (χ4n) is 4.83. The van der Waals surface area contributed by atoms with Crippen LogP contribution in [0.1, 0.15) is 77.8 Å². The van der Waals surface area contributed by atoms with Crippen LogP contribution in [0.4, 0.5) is 5.69 Å².